The molecule has 8 unspecified atom stereocenters. The van der Waals surface area contributed by atoms with Crippen LogP contribution in [0.5, 0.6) is 0 Å². The van der Waals surface area contributed by atoms with Crippen molar-refractivity contribution in [3.63, 3.8) is 0 Å². The van der Waals surface area contributed by atoms with E-state index in [1.165, 1.54) is 38.5 Å². The van der Waals surface area contributed by atoms with Crippen LogP contribution in [0.2, 0.25) is 18.6 Å². The maximum Gasteiger partial charge on any atom is 4.00 e. The summed E-state index contributed by atoms with van der Waals surface area (Å²) in [6.45, 7) is 14.8. The van der Waals surface area contributed by atoms with Crippen LogP contribution in [0.3, 0.4) is 0 Å². The van der Waals surface area contributed by atoms with E-state index in [0.29, 0.717) is 0 Å². The molecule has 0 amide bonds. The second-order valence-electron chi connectivity index (χ2n) is 11.3. The molecule has 1 heterocycles. The molecular weight excluding hydrogens is 422 g/mol. The minimum Gasteiger partial charge on any atom is -0.660 e. The molecule has 0 bridgehead atoms. The molecule has 168 valence electrons. The maximum absolute atomic E-state index is 5.51. The summed E-state index contributed by atoms with van der Waals surface area (Å²) in [6, 6.07) is 0. The standard InChI is InChI=1S/C22H40NSSi.3CH3.Ti/c1-14-13-15-11-12-18-20(16-9-7-8-10-17(16)24-18)19(15)21(14)25(5,6)23-22(2,3)4;;;;/h14-21H,7-13H2,1-6H3;3*1H3;/q4*-1;+4. The van der Waals surface area contributed by atoms with Gasteiger partial charge in [-0.3, -0.25) is 0 Å². The topological polar surface area (TPSA) is 14.1 Å². The average Bonchev–Trinajstić information content (AvgIpc) is 3.00. The fraction of sp³-hybridized carbons (Fsp3) is 0.880. The minimum absolute atomic E-state index is 0. The van der Waals surface area contributed by atoms with Crippen LogP contribution >= 0.6 is 11.8 Å². The van der Waals surface area contributed by atoms with Crippen molar-refractivity contribution in [3.8, 4) is 0 Å². The molecule has 1 nitrogen and oxygen atoms in total. The van der Waals surface area contributed by atoms with Gasteiger partial charge in [-0.2, -0.15) is 11.8 Å². The molecule has 1 aliphatic heterocycles. The minimum atomic E-state index is -1.58. The molecule has 3 aliphatic carbocycles. The van der Waals surface area contributed by atoms with Crippen LogP contribution in [0.15, 0.2) is 0 Å². The number of thioether (sulfide) groups is 1. The van der Waals surface area contributed by atoms with Gasteiger partial charge in [0, 0.05) is 10.5 Å². The van der Waals surface area contributed by atoms with Gasteiger partial charge < -0.3 is 27.3 Å². The van der Waals surface area contributed by atoms with Gasteiger partial charge in [-0.25, -0.2) is 0 Å². The first kappa shape index (κ1) is 30.2. The van der Waals surface area contributed by atoms with E-state index in [2.05, 4.69) is 52.6 Å². The van der Waals surface area contributed by atoms with Gasteiger partial charge in [-0.15, -0.1) is 5.54 Å². The summed E-state index contributed by atoms with van der Waals surface area (Å²) in [6.07, 6.45) is 10.6. The van der Waals surface area contributed by atoms with Crippen molar-refractivity contribution in [2.75, 3.05) is 0 Å². The molecule has 4 rings (SSSR count). The van der Waals surface area contributed by atoms with Crippen molar-refractivity contribution in [1.29, 1.82) is 0 Å². The van der Waals surface area contributed by atoms with Gasteiger partial charge in [0.05, 0.1) is 0 Å². The Morgan fingerprint density at radius 1 is 0.862 bits per heavy atom. The summed E-state index contributed by atoms with van der Waals surface area (Å²) in [5, 5.41) is 2.02. The van der Waals surface area contributed by atoms with Crippen LogP contribution in [0.4, 0.5) is 0 Å². The number of rotatable bonds is 2. The molecule has 0 aromatic carbocycles. The van der Waals surface area contributed by atoms with E-state index in [4.69, 9.17) is 4.98 Å². The molecule has 0 spiro atoms. The number of hydrogen-bond donors (Lipinski definition) is 0. The van der Waals surface area contributed by atoms with Crippen molar-refractivity contribution in [2.24, 2.45) is 29.6 Å². The molecule has 1 saturated heterocycles. The third-order valence-corrected chi connectivity index (χ3v) is 13.6. The summed E-state index contributed by atoms with van der Waals surface area (Å²) in [5.41, 5.74) is 1.07. The Kier molecular flexibility index (Phi) is 11.4. The molecule has 0 radical (unpaired) electrons. The van der Waals surface area contributed by atoms with E-state index in [1.807, 2.05) is 0 Å². The number of fused-ring (bicyclic) bond motifs is 5. The molecular formula is C25H49NSSiTi. The summed E-state index contributed by atoms with van der Waals surface area (Å²) < 4.78 is 0. The van der Waals surface area contributed by atoms with E-state index in [9.17, 15) is 0 Å². The first-order valence-electron chi connectivity index (χ1n) is 11.1. The Morgan fingerprint density at radius 2 is 1.48 bits per heavy atom. The normalized spacial score (nSPS) is 40.8. The molecule has 4 heteroatoms. The van der Waals surface area contributed by atoms with Gasteiger partial charge in [0.2, 0.25) is 0 Å². The molecule has 4 aliphatic rings. The predicted octanol–water partition coefficient (Wildman–Crippen LogP) is 8.44. The Bertz CT molecular complexity index is 506. The van der Waals surface area contributed by atoms with Gasteiger partial charge in [0.1, 0.15) is 0 Å². The van der Waals surface area contributed by atoms with Crippen LogP contribution in [-0.4, -0.2) is 24.3 Å². The quantitative estimate of drug-likeness (QED) is 0.291. The molecule has 0 N–H and O–H groups in total. The molecule has 0 aromatic heterocycles. The van der Waals surface area contributed by atoms with E-state index < -0.39 is 8.24 Å². The van der Waals surface area contributed by atoms with Crippen LogP contribution in [0.1, 0.15) is 72.6 Å². The van der Waals surface area contributed by atoms with Crippen LogP contribution < -0.4 is 0 Å². The molecule has 3 saturated carbocycles. The Hall–Kier alpha value is 1.24. The zero-order valence-electron chi connectivity index (χ0n) is 20.9. The first-order valence-corrected chi connectivity index (χ1v) is 15.0. The maximum atomic E-state index is 5.51. The predicted molar refractivity (Wildman–Crippen MR) is 134 cm³/mol. The second kappa shape index (κ2) is 10.9. The molecule has 4 fully saturated rings. The van der Waals surface area contributed by atoms with E-state index in [0.717, 1.165) is 45.6 Å². The summed E-state index contributed by atoms with van der Waals surface area (Å²) in [7, 11) is -1.58. The van der Waals surface area contributed by atoms with Gasteiger partial charge in [0.15, 0.2) is 0 Å². The Balaban J connectivity index is 0.00000196. The average molecular weight is 472 g/mol. The Morgan fingerprint density at radius 3 is 2.10 bits per heavy atom. The van der Waals surface area contributed by atoms with Crippen LogP contribution in [0.25, 0.3) is 4.98 Å². The van der Waals surface area contributed by atoms with Gasteiger partial charge in [-0.05, 0) is 61.7 Å². The fourth-order valence-corrected chi connectivity index (χ4v) is 14.9. The monoisotopic (exact) mass is 471 g/mol. The largest absolute Gasteiger partial charge is 4.00 e. The van der Waals surface area contributed by atoms with Crippen LogP contribution in [0, 0.1) is 51.9 Å². The molecule has 8 atom stereocenters. The van der Waals surface area contributed by atoms with Crippen molar-refractivity contribution in [1.82, 2.24) is 0 Å². The summed E-state index contributed by atoms with van der Waals surface area (Å²) in [5.74, 6) is 5.07. The molecule has 0 aromatic rings. The molecule has 29 heavy (non-hydrogen) atoms. The SMILES string of the molecule is CC1CC2CCC3SC4CCCCC4C3C2C1[Si](C)(C)[N-]C(C)(C)C.[CH3-].[CH3-].[CH3-].[Ti+4]. The van der Waals surface area contributed by atoms with E-state index in [-0.39, 0.29) is 49.5 Å². The van der Waals surface area contributed by atoms with Crippen molar-refractivity contribution >= 4 is 20.0 Å². The number of hydrogen-bond acceptors (Lipinski definition) is 1. The van der Waals surface area contributed by atoms with E-state index >= 15 is 0 Å². The second-order valence-corrected chi connectivity index (χ2v) is 17.0. The number of nitrogens with zero attached hydrogens (tertiary/aromatic N) is 1. The Labute approximate surface area is 205 Å². The van der Waals surface area contributed by atoms with Gasteiger partial charge in [0.25, 0.3) is 0 Å². The van der Waals surface area contributed by atoms with Gasteiger partial charge in [-0.1, -0.05) is 67.4 Å². The third kappa shape index (κ3) is 5.79. The zero-order valence-corrected chi connectivity index (χ0v) is 24.3. The van der Waals surface area contributed by atoms with Gasteiger partial charge >= 0.3 is 21.7 Å². The van der Waals surface area contributed by atoms with E-state index in [1.54, 1.807) is 6.42 Å². The zero-order chi connectivity index (χ0) is 18.0. The smallest absolute Gasteiger partial charge is 0.660 e. The summed E-state index contributed by atoms with van der Waals surface area (Å²) >= 11 is 2.44. The van der Waals surface area contributed by atoms with Crippen LogP contribution in [-0.2, 0) is 21.7 Å². The fourth-order valence-electron chi connectivity index (χ4n) is 7.92. The third-order valence-electron chi connectivity index (χ3n) is 7.98. The summed E-state index contributed by atoms with van der Waals surface area (Å²) in [4.78, 5) is 5.51. The van der Waals surface area contributed by atoms with Crippen molar-refractivity contribution in [2.45, 2.75) is 107 Å². The van der Waals surface area contributed by atoms with Crippen molar-refractivity contribution in [3.05, 3.63) is 27.3 Å². The first-order chi connectivity index (χ1) is 11.7. The van der Waals surface area contributed by atoms with Crippen molar-refractivity contribution < 1.29 is 21.7 Å².